The number of imide groups is 1. The molecule has 1 fully saturated rings. The van der Waals surface area contributed by atoms with Crippen LogP contribution in [0.15, 0.2) is 42.6 Å². The number of aromatic nitrogens is 1. The predicted molar refractivity (Wildman–Crippen MR) is 94.7 cm³/mol. The topological polar surface area (TPSA) is 108 Å². The van der Waals surface area contributed by atoms with Crippen LogP contribution in [0.1, 0.15) is 39.3 Å². The molecule has 1 unspecified atom stereocenters. The molecule has 0 radical (unpaired) electrons. The Labute approximate surface area is 154 Å². The normalized spacial score (nSPS) is 18.9. The van der Waals surface area contributed by atoms with E-state index in [4.69, 9.17) is 0 Å². The summed E-state index contributed by atoms with van der Waals surface area (Å²) in [7, 11) is 0. The highest BCUT2D eigenvalue weighted by Crippen LogP contribution is 2.32. The van der Waals surface area contributed by atoms with Gasteiger partial charge in [-0.15, -0.1) is 0 Å². The average molecular weight is 364 g/mol. The van der Waals surface area contributed by atoms with Crippen molar-refractivity contribution < 1.29 is 19.2 Å². The van der Waals surface area contributed by atoms with Crippen LogP contribution in [0.4, 0.5) is 5.69 Å². The molecule has 8 heteroatoms. The summed E-state index contributed by atoms with van der Waals surface area (Å²) in [6.07, 6.45) is 2.01. The molecule has 2 aliphatic heterocycles. The summed E-state index contributed by atoms with van der Waals surface area (Å²) in [5.41, 5.74) is 1.86. The molecule has 136 valence electrons. The van der Waals surface area contributed by atoms with Crippen molar-refractivity contribution >= 4 is 29.3 Å². The van der Waals surface area contributed by atoms with Crippen LogP contribution in [-0.4, -0.2) is 39.6 Å². The maximum Gasteiger partial charge on any atom is 0.274 e. The first-order valence-electron chi connectivity index (χ1n) is 8.53. The highest BCUT2D eigenvalue weighted by Gasteiger charge is 2.39. The molecule has 1 saturated heterocycles. The number of piperidine rings is 1. The first-order chi connectivity index (χ1) is 13.0. The quantitative estimate of drug-likeness (QED) is 0.793. The molecule has 0 bridgehead atoms. The van der Waals surface area contributed by atoms with E-state index in [0.29, 0.717) is 23.2 Å². The van der Waals surface area contributed by atoms with Gasteiger partial charge in [0, 0.05) is 36.0 Å². The van der Waals surface area contributed by atoms with Crippen LogP contribution in [0.2, 0.25) is 0 Å². The van der Waals surface area contributed by atoms with E-state index >= 15 is 0 Å². The smallest absolute Gasteiger partial charge is 0.274 e. The lowest BCUT2D eigenvalue weighted by atomic mass is 10.0. The van der Waals surface area contributed by atoms with Gasteiger partial charge in [-0.2, -0.15) is 0 Å². The molecule has 4 rings (SSSR count). The van der Waals surface area contributed by atoms with Gasteiger partial charge in [0.15, 0.2) is 0 Å². The number of carbonyl (C=O) groups is 4. The van der Waals surface area contributed by atoms with Gasteiger partial charge >= 0.3 is 0 Å². The fraction of sp³-hybridized carbons (Fsp3) is 0.211. The first-order valence-corrected chi connectivity index (χ1v) is 8.53. The fourth-order valence-electron chi connectivity index (χ4n) is 3.39. The molecule has 2 aromatic rings. The predicted octanol–water partition coefficient (Wildman–Crippen LogP) is 1.09. The number of nitrogens with one attached hydrogen (secondary N) is 2. The lowest BCUT2D eigenvalue weighted by Gasteiger charge is -2.29. The van der Waals surface area contributed by atoms with Gasteiger partial charge in [0.2, 0.25) is 11.8 Å². The fourth-order valence-corrected chi connectivity index (χ4v) is 3.39. The van der Waals surface area contributed by atoms with Gasteiger partial charge in [-0.25, -0.2) is 0 Å². The zero-order valence-corrected chi connectivity index (χ0v) is 14.3. The monoisotopic (exact) mass is 364 g/mol. The molecule has 0 spiro atoms. The average Bonchev–Trinajstić information content (AvgIpc) is 3.00. The second-order valence-corrected chi connectivity index (χ2v) is 6.40. The highest BCUT2D eigenvalue weighted by atomic mass is 16.2. The SMILES string of the molecule is O=C1CCC(N2Cc3c(NC(=O)c4ccccn4)cccc3C2=O)C(=O)N1. The summed E-state index contributed by atoms with van der Waals surface area (Å²) in [6.45, 7) is 0.194. The van der Waals surface area contributed by atoms with Gasteiger partial charge in [-0.3, -0.25) is 29.5 Å². The third-order valence-electron chi connectivity index (χ3n) is 4.73. The van der Waals surface area contributed by atoms with E-state index in [9.17, 15) is 19.2 Å². The Kier molecular flexibility index (Phi) is 4.15. The molecule has 4 amide bonds. The van der Waals surface area contributed by atoms with E-state index < -0.39 is 11.9 Å². The Bertz CT molecular complexity index is 957. The van der Waals surface area contributed by atoms with Gasteiger partial charge < -0.3 is 10.2 Å². The number of hydrogen-bond acceptors (Lipinski definition) is 5. The van der Waals surface area contributed by atoms with Crippen molar-refractivity contribution in [1.82, 2.24) is 15.2 Å². The van der Waals surface area contributed by atoms with Gasteiger partial charge in [0.25, 0.3) is 11.8 Å². The molecule has 1 atom stereocenters. The zero-order chi connectivity index (χ0) is 19.0. The summed E-state index contributed by atoms with van der Waals surface area (Å²) >= 11 is 0. The number of anilines is 1. The minimum absolute atomic E-state index is 0.194. The standard InChI is InChI=1S/C19H16N4O4/c24-16-8-7-15(18(26)22-16)23-10-12-11(19(23)27)4-3-6-13(12)21-17(25)14-5-1-2-9-20-14/h1-6,9,15H,7-8,10H2,(H,21,25)(H,22,24,26). The van der Waals surface area contributed by atoms with E-state index in [2.05, 4.69) is 15.6 Å². The maximum atomic E-state index is 12.8. The molecule has 2 N–H and O–H groups in total. The maximum absolute atomic E-state index is 12.8. The third-order valence-corrected chi connectivity index (χ3v) is 4.73. The number of rotatable bonds is 3. The lowest BCUT2D eigenvalue weighted by Crippen LogP contribution is -2.52. The Hall–Kier alpha value is -3.55. The van der Waals surface area contributed by atoms with Crippen LogP contribution in [0.3, 0.4) is 0 Å². The molecular weight excluding hydrogens is 348 g/mol. The van der Waals surface area contributed by atoms with Gasteiger partial charge in [-0.1, -0.05) is 12.1 Å². The minimum Gasteiger partial charge on any atom is -0.322 e. The summed E-state index contributed by atoms with van der Waals surface area (Å²) < 4.78 is 0. The summed E-state index contributed by atoms with van der Waals surface area (Å²) in [6, 6.07) is 9.39. The number of carbonyl (C=O) groups excluding carboxylic acids is 4. The van der Waals surface area contributed by atoms with Crippen molar-refractivity contribution in [2.75, 3.05) is 5.32 Å². The van der Waals surface area contributed by atoms with Crippen molar-refractivity contribution in [3.05, 3.63) is 59.4 Å². The Balaban J connectivity index is 1.59. The summed E-state index contributed by atoms with van der Waals surface area (Å²) in [5, 5.41) is 5.06. The van der Waals surface area contributed by atoms with Gasteiger partial charge in [-0.05, 0) is 30.7 Å². The third kappa shape index (κ3) is 3.05. The lowest BCUT2D eigenvalue weighted by molar-refractivity contribution is -0.136. The number of pyridine rings is 1. The molecule has 1 aromatic heterocycles. The first kappa shape index (κ1) is 16.9. The molecule has 0 saturated carbocycles. The largest absolute Gasteiger partial charge is 0.322 e. The number of nitrogens with zero attached hydrogens (tertiary/aromatic N) is 2. The second-order valence-electron chi connectivity index (χ2n) is 6.40. The van der Waals surface area contributed by atoms with Crippen LogP contribution in [-0.2, 0) is 16.1 Å². The molecular formula is C19H16N4O4. The molecule has 1 aromatic carbocycles. The van der Waals surface area contributed by atoms with Crippen LogP contribution in [0.25, 0.3) is 0 Å². The summed E-state index contributed by atoms with van der Waals surface area (Å²) in [4.78, 5) is 54.1. The summed E-state index contributed by atoms with van der Waals surface area (Å²) in [5.74, 6) is -1.46. The van der Waals surface area contributed by atoms with Crippen molar-refractivity contribution in [3.63, 3.8) is 0 Å². The number of amides is 4. The second kappa shape index (κ2) is 6.64. The van der Waals surface area contributed by atoms with E-state index in [1.54, 1.807) is 36.4 Å². The van der Waals surface area contributed by atoms with Crippen molar-refractivity contribution in [2.45, 2.75) is 25.4 Å². The zero-order valence-electron chi connectivity index (χ0n) is 14.3. The number of hydrogen-bond donors (Lipinski definition) is 2. The Morgan fingerprint density at radius 2 is 2.00 bits per heavy atom. The van der Waals surface area contributed by atoms with Crippen molar-refractivity contribution in [1.29, 1.82) is 0 Å². The number of fused-ring (bicyclic) bond motifs is 1. The molecule has 27 heavy (non-hydrogen) atoms. The number of benzene rings is 1. The van der Waals surface area contributed by atoms with E-state index in [0.717, 1.165) is 0 Å². The molecule has 8 nitrogen and oxygen atoms in total. The van der Waals surface area contributed by atoms with Gasteiger partial charge in [0.1, 0.15) is 11.7 Å². The minimum atomic E-state index is -0.693. The van der Waals surface area contributed by atoms with Crippen LogP contribution >= 0.6 is 0 Å². The van der Waals surface area contributed by atoms with E-state index in [-0.39, 0.29) is 36.4 Å². The van der Waals surface area contributed by atoms with E-state index in [1.165, 1.54) is 11.1 Å². The molecule has 2 aliphatic rings. The Morgan fingerprint density at radius 3 is 2.74 bits per heavy atom. The molecule has 3 heterocycles. The van der Waals surface area contributed by atoms with Crippen LogP contribution in [0.5, 0.6) is 0 Å². The van der Waals surface area contributed by atoms with Crippen LogP contribution in [0, 0.1) is 0 Å². The Morgan fingerprint density at radius 1 is 1.15 bits per heavy atom. The van der Waals surface area contributed by atoms with Crippen molar-refractivity contribution in [3.8, 4) is 0 Å². The van der Waals surface area contributed by atoms with E-state index in [1.807, 2.05) is 0 Å². The van der Waals surface area contributed by atoms with Gasteiger partial charge in [0.05, 0.1) is 0 Å². The van der Waals surface area contributed by atoms with Crippen molar-refractivity contribution in [2.24, 2.45) is 0 Å². The molecule has 0 aliphatic carbocycles. The highest BCUT2D eigenvalue weighted by molar-refractivity contribution is 6.08. The van der Waals surface area contributed by atoms with Crippen LogP contribution < -0.4 is 10.6 Å².